The predicted octanol–water partition coefficient (Wildman–Crippen LogP) is 4.07. The third-order valence-corrected chi connectivity index (χ3v) is 5.50. The molecular formula is C18H19BrClN5. The van der Waals surface area contributed by atoms with Crippen LogP contribution in [0.5, 0.6) is 0 Å². The Labute approximate surface area is 159 Å². The Morgan fingerprint density at radius 3 is 2.36 bits per heavy atom. The number of anilines is 1. The van der Waals surface area contributed by atoms with E-state index in [0.717, 1.165) is 22.2 Å². The molecule has 130 valence electrons. The van der Waals surface area contributed by atoms with Gasteiger partial charge in [-0.3, -0.25) is 4.90 Å². The number of fused-ring (bicyclic) bond motifs is 1. The molecule has 0 aliphatic carbocycles. The molecule has 3 aromatic rings. The summed E-state index contributed by atoms with van der Waals surface area (Å²) >= 11 is 9.56. The number of hydrogen-bond donors (Lipinski definition) is 1. The third kappa shape index (κ3) is 3.52. The van der Waals surface area contributed by atoms with E-state index in [4.69, 9.17) is 17.3 Å². The molecule has 0 saturated carbocycles. The number of halogens is 2. The summed E-state index contributed by atoms with van der Waals surface area (Å²) in [6.45, 7) is 4.16. The normalized spacial score (nSPS) is 15.3. The van der Waals surface area contributed by atoms with Crippen molar-refractivity contribution in [2.24, 2.45) is 0 Å². The summed E-state index contributed by atoms with van der Waals surface area (Å²) in [6.07, 6.45) is 2.64. The maximum atomic E-state index is 5.97. The zero-order chi connectivity index (χ0) is 17.4. The summed E-state index contributed by atoms with van der Waals surface area (Å²) in [6, 6.07) is 10.7. The van der Waals surface area contributed by atoms with Crippen LogP contribution in [0.2, 0.25) is 5.28 Å². The fourth-order valence-electron chi connectivity index (χ4n) is 3.37. The molecule has 3 heterocycles. The van der Waals surface area contributed by atoms with E-state index in [0.29, 0.717) is 12.4 Å². The van der Waals surface area contributed by atoms with Gasteiger partial charge in [0.25, 0.3) is 0 Å². The molecule has 1 saturated heterocycles. The first-order valence-electron chi connectivity index (χ1n) is 8.38. The van der Waals surface area contributed by atoms with Crippen LogP contribution in [0.25, 0.3) is 11.0 Å². The second-order valence-corrected chi connectivity index (χ2v) is 7.62. The van der Waals surface area contributed by atoms with E-state index >= 15 is 0 Å². The van der Waals surface area contributed by atoms with Crippen molar-refractivity contribution in [3.05, 3.63) is 51.3 Å². The lowest BCUT2D eigenvalue weighted by Crippen LogP contribution is -2.18. The monoisotopic (exact) mass is 419 g/mol. The van der Waals surface area contributed by atoms with Gasteiger partial charge in [0.05, 0.1) is 16.5 Å². The van der Waals surface area contributed by atoms with E-state index in [1.165, 1.54) is 37.1 Å². The van der Waals surface area contributed by atoms with Gasteiger partial charge in [-0.25, -0.2) is 4.98 Å². The maximum absolute atomic E-state index is 5.97. The van der Waals surface area contributed by atoms with Crippen LogP contribution < -0.4 is 5.73 Å². The molecule has 2 aromatic heterocycles. The van der Waals surface area contributed by atoms with Crippen LogP contribution in [0.1, 0.15) is 24.0 Å². The van der Waals surface area contributed by atoms with Gasteiger partial charge in [0, 0.05) is 6.54 Å². The fourth-order valence-corrected chi connectivity index (χ4v) is 4.06. The van der Waals surface area contributed by atoms with Crippen molar-refractivity contribution >= 4 is 44.4 Å². The van der Waals surface area contributed by atoms with Crippen molar-refractivity contribution in [2.75, 3.05) is 18.8 Å². The van der Waals surface area contributed by atoms with Gasteiger partial charge < -0.3 is 10.3 Å². The molecule has 1 fully saturated rings. The van der Waals surface area contributed by atoms with Gasteiger partial charge in [-0.2, -0.15) is 4.98 Å². The van der Waals surface area contributed by atoms with Crippen LogP contribution in [0, 0.1) is 0 Å². The maximum Gasteiger partial charge on any atom is 0.226 e. The van der Waals surface area contributed by atoms with Crippen LogP contribution in [-0.4, -0.2) is 32.5 Å². The summed E-state index contributed by atoms with van der Waals surface area (Å²) in [5.74, 6) is 0.399. The molecule has 0 bridgehead atoms. The minimum atomic E-state index is 0.165. The van der Waals surface area contributed by atoms with E-state index in [9.17, 15) is 0 Å². The van der Waals surface area contributed by atoms with Crippen LogP contribution in [0.4, 0.5) is 5.82 Å². The minimum Gasteiger partial charge on any atom is -0.383 e. The van der Waals surface area contributed by atoms with E-state index in [1.807, 2.05) is 6.07 Å². The molecule has 0 amide bonds. The van der Waals surface area contributed by atoms with Gasteiger partial charge in [-0.05, 0) is 70.7 Å². The van der Waals surface area contributed by atoms with E-state index < -0.39 is 0 Å². The summed E-state index contributed by atoms with van der Waals surface area (Å²) in [5.41, 5.74) is 9.26. The number of rotatable bonds is 4. The molecule has 1 aromatic carbocycles. The molecule has 1 aliphatic heterocycles. The molecule has 0 unspecified atom stereocenters. The molecule has 25 heavy (non-hydrogen) atoms. The average Bonchev–Trinajstić information content (AvgIpc) is 3.19. The molecule has 0 spiro atoms. The first kappa shape index (κ1) is 16.8. The highest BCUT2D eigenvalue weighted by Gasteiger charge is 2.14. The highest BCUT2D eigenvalue weighted by atomic mass is 79.9. The van der Waals surface area contributed by atoms with Crippen molar-refractivity contribution in [3.8, 4) is 0 Å². The van der Waals surface area contributed by atoms with Gasteiger partial charge >= 0.3 is 0 Å². The fraction of sp³-hybridized carbons (Fsp3) is 0.333. The number of hydrogen-bond acceptors (Lipinski definition) is 4. The molecule has 1 aliphatic rings. The topological polar surface area (TPSA) is 60.0 Å². The molecule has 2 N–H and O–H groups in total. The summed E-state index contributed by atoms with van der Waals surface area (Å²) in [5, 5.41) is 0.972. The third-order valence-electron chi connectivity index (χ3n) is 4.67. The number of aromatic nitrogens is 3. The van der Waals surface area contributed by atoms with Crippen molar-refractivity contribution in [1.82, 2.24) is 19.4 Å². The zero-order valence-electron chi connectivity index (χ0n) is 13.8. The van der Waals surface area contributed by atoms with Crippen LogP contribution in [-0.2, 0) is 13.1 Å². The molecule has 7 heteroatoms. The second kappa shape index (κ2) is 6.94. The lowest BCUT2D eigenvalue weighted by Gasteiger charge is -2.15. The number of benzene rings is 1. The summed E-state index contributed by atoms with van der Waals surface area (Å²) in [7, 11) is 0. The van der Waals surface area contributed by atoms with Gasteiger partial charge in [0.15, 0.2) is 0 Å². The number of nitrogen functional groups attached to an aromatic ring is 1. The standard InChI is InChI=1S/C18H19BrClN5/c19-15-9-14-16(21)22-18(20)23-17(14)25(15)11-13-5-3-12(4-6-13)10-24-7-1-2-8-24/h3-6,9H,1-2,7-8,10-11H2,(H2,21,22,23). The average molecular weight is 421 g/mol. The number of nitrogens with two attached hydrogens (primary N) is 1. The van der Waals surface area contributed by atoms with Crippen molar-refractivity contribution in [2.45, 2.75) is 25.9 Å². The number of nitrogens with zero attached hydrogens (tertiary/aromatic N) is 4. The Kier molecular flexibility index (Phi) is 4.67. The number of likely N-dealkylation sites (tertiary alicyclic amines) is 1. The Hall–Kier alpha value is -1.63. The van der Waals surface area contributed by atoms with Gasteiger partial charge in [-0.15, -0.1) is 0 Å². The SMILES string of the molecule is Nc1nc(Cl)nc2c1cc(Br)n2Cc1ccc(CN2CCCC2)cc1. The van der Waals surface area contributed by atoms with Crippen LogP contribution in [0.15, 0.2) is 34.9 Å². The highest BCUT2D eigenvalue weighted by Crippen LogP contribution is 2.28. The first-order chi connectivity index (χ1) is 12.1. The van der Waals surface area contributed by atoms with E-state index in [2.05, 4.69) is 59.6 Å². The first-order valence-corrected chi connectivity index (χ1v) is 9.55. The summed E-state index contributed by atoms with van der Waals surface area (Å²) < 4.78 is 2.96. The Morgan fingerprint density at radius 1 is 1.04 bits per heavy atom. The van der Waals surface area contributed by atoms with Gasteiger partial charge in [0.1, 0.15) is 11.5 Å². The van der Waals surface area contributed by atoms with Crippen molar-refractivity contribution in [3.63, 3.8) is 0 Å². The molecule has 5 nitrogen and oxygen atoms in total. The largest absolute Gasteiger partial charge is 0.383 e. The van der Waals surface area contributed by atoms with Crippen molar-refractivity contribution in [1.29, 1.82) is 0 Å². The summed E-state index contributed by atoms with van der Waals surface area (Å²) in [4.78, 5) is 10.9. The molecular weight excluding hydrogens is 402 g/mol. The molecule has 0 atom stereocenters. The Morgan fingerprint density at radius 2 is 1.68 bits per heavy atom. The Balaban J connectivity index is 1.57. The van der Waals surface area contributed by atoms with Crippen LogP contribution >= 0.6 is 27.5 Å². The van der Waals surface area contributed by atoms with Crippen LogP contribution in [0.3, 0.4) is 0 Å². The lowest BCUT2D eigenvalue weighted by molar-refractivity contribution is 0.331. The quantitative estimate of drug-likeness (QED) is 0.646. The zero-order valence-corrected chi connectivity index (χ0v) is 16.1. The smallest absolute Gasteiger partial charge is 0.226 e. The predicted molar refractivity (Wildman–Crippen MR) is 105 cm³/mol. The lowest BCUT2D eigenvalue weighted by atomic mass is 10.1. The highest BCUT2D eigenvalue weighted by molar-refractivity contribution is 9.10. The van der Waals surface area contributed by atoms with E-state index in [1.54, 1.807) is 0 Å². The van der Waals surface area contributed by atoms with E-state index in [-0.39, 0.29) is 5.28 Å². The van der Waals surface area contributed by atoms with Crippen molar-refractivity contribution < 1.29 is 0 Å². The Bertz CT molecular complexity index is 900. The minimum absolute atomic E-state index is 0.165. The second-order valence-electron chi connectivity index (χ2n) is 6.47. The molecule has 0 radical (unpaired) electrons. The van der Waals surface area contributed by atoms with Gasteiger partial charge in [-0.1, -0.05) is 24.3 Å². The molecule has 4 rings (SSSR count). The van der Waals surface area contributed by atoms with Gasteiger partial charge in [0.2, 0.25) is 5.28 Å².